The van der Waals surface area contributed by atoms with Crippen molar-refractivity contribution in [2.24, 2.45) is 0 Å². The lowest BCUT2D eigenvalue weighted by Crippen LogP contribution is -2.03. The number of carbonyl (C=O) groups is 1. The minimum Gasteiger partial charge on any atom is -0.486 e. The zero-order valence-electron chi connectivity index (χ0n) is 13.5. The lowest BCUT2D eigenvalue weighted by Gasteiger charge is -2.12. The largest absolute Gasteiger partial charge is 0.486 e. The molecule has 0 spiro atoms. The molecule has 0 fully saturated rings. The first-order chi connectivity index (χ1) is 10.5. The molecule has 1 heterocycles. The van der Waals surface area contributed by atoms with Crippen molar-refractivity contribution in [2.75, 3.05) is 0 Å². The van der Waals surface area contributed by atoms with Gasteiger partial charge in [-0.1, -0.05) is 26.8 Å². The van der Waals surface area contributed by atoms with Crippen molar-refractivity contribution in [3.8, 4) is 5.75 Å². The molecule has 1 unspecified atom stereocenters. The third kappa shape index (κ3) is 2.68. The average molecular weight is 315 g/mol. The van der Waals surface area contributed by atoms with Crippen LogP contribution >= 0.6 is 11.3 Å². The van der Waals surface area contributed by atoms with E-state index in [4.69, 9.17) is 4.74 Å². The minimum atomic E-state index is 0.197. The summed E-state index contributed by atoms with van der Waals surface area (Å²) in [5, 5.41) is 3.16. The highest BCUT2D eigenvalue weighted by molar-refractivity contribution is 7.09. The van der Waals surface area contributed by atoms with Crippen molar-refractivity contribution in [3.63, 3.8) is 0 Å². The van der Waals surface area contributed by atoms with Gasteiger partial charge in [0.2, 0.25) is 0 Å². The molecule has 22 heavy (non-hydrogen) atoms. The summed E-state index contributed by atoms with van der Waals surface area (Å²) in [6.45, 7) is 8.86. The Bertz CT molecular complexity index is 718. The highest BCUT2D eigenvalue weighted by Crippen LogP contribution is 2.40. The van der Waals surface area contributed by atoms with E-state index in [9.17, 15) is 4.79 Å². The van der Waals surface area contributed by atoms with Crippen LogP contribution in [0.25, 0.3) is 0 Å². The molecule has 1 aliphatic carbocycles. The highest BCUT2D eigenvalue weighted by atomic mass is 32.1. The van der Waals surface area contributed by atoms with Crippen LogP contribution in [0.15, 0.2) is 17.5 Å². The SMILES string of the molecule is Cc1ccc(OCc2csc(C(C)C)n2)c2c1C(C)CC2=O. The summed E-state index contributed by atoms with van der Waals surface area (Å²) in [6, 6.07) is 3.96. The summed E-state index contributed by atoms with van der Waals surface area (Å²) in [7, 11) is 0. The van der Waals surface area contributed by atoms with Gasteiger partial charge in [0.05, 0.1) is 16.3 Å². The van der Waals surface area contributed by atoms with Crippen LogP contribution in [0.3, 0.4) is 0 Å². The van der Waals surface area contributed by atoms with Crippen LogP contribution in [0, 0.1) is 6.92 Å². The van der Waals surface area contributed by atoms with Crippen LogP contribution in [0.2, 0.25) is 0 Å². The molecule has 0 amide bonds. The smallest absolute Gasteiger partial charge is 0.167 e. The Morgan fingerprint density at radius 3 is 2.86 bits per heavy atom. The predicted molar refractivity (Wildman–Crippen MR) is 89.1 cm³/mol. The zero-order chi connectivity index (χ0) is 15.9. The summed E-state index contributed by atoms with van der Waals surface area (Å²) in [5.74, 6) is 1.62. The second-order valence-electron chi connectivity index (χ2n) is 6.32. The molecule has 0 radical (unpaired) electrons. The maximum absolute atomic E-state index is 12.3. The maximum atomic E-state index is 12.3. The van der Waals surface area contributed by atoms with Crippen LogP contribution in [0.5, 0.6) is 5.75 Å². The Balaban J connectivity index is 1.83. The molecular formula is C18H21NO2S. The van der Waals surface area contributed by atoms with Crippen molar-refractivity contribution < 1.29 is 9.53 Å². The number of ether oxygens (including phenoxy) is 1. The molecule has 0 aliphatic heterocycles. The van der Waals surface area contributed by atoms with Crippen molar-refractivity contribution in [3.05, 3.63) is 44.9 Å². The number of aryl methyl sites for hydroxylation is 1. The molecule has 1 aromatic heterocycles. The predicted octanol–water partition coefficient (Wildman–Crippen LogP) is 4.84. The lowest BCUT2D eigenvalue weighted by atomic mass is 9.97. The van der Waals surface area contributed by atoms with E-state index in [1.807, 2.05) is 17.5 Å². The summed E-state index contributed by atoms with van der Waals surface area (Å²) in [5.41, 5.74) is 4.05. The minimum absolute atomic E-state index is 0.197. The van der Waals surface area contributed by atoms with Crippen LogP contribution in [0.1, 0.15) is 71.2 Å². The molecule has 116 valence electrons. The number of rotatable bonds is 4. The first-order valence-electron chi connectivity index (χ1n) is 7.71. The monoisotopic (exact) mass is 315 g/mol. The molecule has 2 aromatic rings. The standard InChI is InChI=1S/C18H21NO2S/c1-10(2)18-19-13(9-22-18)8-21-15-6-5-11(3)16-12(4)7-14(20)17(15)16/h5-6,9-10,12H,7-8H2,1-4H3. The normalized spacial score (nSPS) is 17.1. The van der Waals surface area contributed by atoms with E-state index in [2.05, 4.69) is 32.7 Å². The molecule has 1 aromatic carbocycles. The Morgan fingerprint density at radius 1 is 1.41 bits per heavy atom. The fraction of sp³-hybridized carbons (Fsp3) is 0.444. The van der Waals surface area contributed by atoms with Gasteiger partial charge in [-0.3, -0.25) is 4.79 Å². The molecule has 0 saturated carbocycles. The van der Waals surface area contributed by atoms with E-state index < -0.39 is 0 Å². The number of aromatic nitrogens is 1. The van der Waals surface area contributed by atoms with Crippen molar-refractivity contribution >= 4 is 17.1 Å². The topological polar surface area (TPSA) is 39.2 Å². The number of thiazole rings is 1. The van der Waals surface area contributed by atoms with Crippen LogP contribution in [-0.2, 0) is 6.61 Å². The summed E-state index contributed by atoms with van der Waals surface area (Å²) < 4.78 is 5.93. The van der Waals surface area contributed by atoms with E-state index in [1.165, 1.54) is 5.56 Å². The molecule has 0 saturated heterocycles. The summed E-state index contributed by atoms with van der Waals surface area (Å²) in [6.07, 6.45) is 0.588. The number of benzene rings is 1. The number of fused-ring (bicyclic) bond motifs is 1. The number of carbonyl (C=O) groups excluding carboxylic acids is 1. The molecule has 0 N–H and O–H groups in total. The molecule has 0 bridgehead atoms. The number of hydrogen-bond acceptors (Lipinski definition) is 4. The first kappa shape index (κ1) is 15.2. The molecule has 4 heteroatoms. The van der Waals surface area contributed by atoms with Gasteiger partial charge in [-0.2, -0.15) is 0 Å². The molecule has 3 rings (SSSR count). The molecule has 3 nitrogen and oxygen atoms in total. The number of Topliss-reactive ketones (excluding diaryl/α,β-unsaturated/α-hetero) is 1. The lowest BCUT2D eigenvalue weighted by molar-refractivity contribution is 0.0986. The second kappa shape index (κ2) is 5.84. The first-order valence-corrected chi connectivity index (χ1v) is 8.59. The summed E-state index contributed by atoms with van der Waals surface area (Å²) in [4.78, 5) is 16.8. The quantitative estimate of drug-likeness (QED) is 0.810. The van der Waals surface area contributed by atoms with Crippen molar-refractivity contribution in [2.45, 2.75) is 52.6 Å². The van der Waals surface area contributed by atoms with Gasteiger partial charge in [-0.25, -0.2) is 4.98 Å². The maximum Gasteiger partial charge on any atom is 0.167 e. The van der Waals surface area contributed by atoms with Gasteiger partial charge in [-0.05, 0) is 30.0 Å². The van der Waals surface area contributed by atoms with Gasteiger partial charge in [0.1, 0.15) is 12.4 Å². The van der Waals surface area contributed by atoms with Crippen molar-refractivity contribution in [1.82, 2.24) is 4.98 Å². The van der Waals surface area contributed by atoms with Gasteiger partial charge in [0, 0.05) is 17.7 Å². The van der Waals surface area contributed by atoms with E-state index in [0.29, 0.717) is 24.7 Å². The Hall–Kier alpha value is -1.68. The summed E-state index contributed by atoms with van der Waals surface area (Å²) >= 11 is 1.66. The van der Waals surface area contributed by atoms with Gasteiger partial charge >= 0.3 is 0 Å². The second-order valence-corrected chi connectivity index (χ2v) is 7.21. The van der Waals surface area contributed by atoms with E-state index >= 15 is 0 Å². The third-order valence-electron chi connectivity index (χ3n) is 4.13. The number of hydrogen-bond donors (Lipinski definition) is 0. The van der Waals surface area contributed by atoms with Crippen LogP contribution in [-0.4, -0.2) is 10.8 Å². The Kier molecular flexibility index (Phi) is 4.04. The van der Waals surface area contributed by atoms with Gasteiger partial charge in [0.15, 0.2) is 5.78 Å². The zero-order valence-corrected chi connectivity index (χ0v) is 14.3. The average Bonchev–Trinajstić information content (AvgIpc) is 3.04. The van der Waals surface area contributed by atoms with E-state index in [-0.39, 0.29) is 11.7 Å². The Morgan fingerprint density at radius 2 is 2.18 bits per heavy atom. The van der Waals surface area contributed by atoms with Gasteiger partial charge < -0.3 is 4.74 Å². The van der Waals surface area contributed by atoms with Crippen LogP contribution < -0.4 is 4.74 Å². The Labute approximate surface area is 135 Å². The van der Waals surface area contributed by atoms with E-state index in [1.54, 1.807) is 11.3 Å². The number of nitrogens with zero attached hydrogens (tertiary/aromatic N) is 1. The highest BCUT2D eigenvalue weighted by Gasteiger charge is 2.31. The molecule has 1 aliphatic rings. The third-order valence-corrected chi connectivity index (χ3v) is 5.32. The van der Waals surface area contributed by atoms with Gasteiger partial charge in [-0.15, -0.1) is 11.3 Å². The van der Waals surface area contributed by atoms with Crippen molar-refractivity contribution in [1.29, 1.82) is 0 Å². The fourth-order valence-electron chi connectivity index (χ4n) is 3.03. The molecule has 1 atom stereocenters. The fourth-order valence-corrected chi connectivity index (χ4v) is 3.85. The van der Waals surface area contributed by atoms with Gasteiger partial charge in [0.25, 0.3) is 0 Å². The molecular weight excluding hydrogens is 294 g/mol. The number of ketones is 1. The van der Waals surface area contributed by atoms with Crippen LogP contribution in [0.4, 0.5) is 0 Å². The van der Waals surface area contributed by atoms with E-state index in [0.717, 1.165) is 21.8 Å².